The monoisotopic (exact) mass is 289 g/mol. The van der Waals surface area contributed by atoms with Gasteiger partial charge in [-0.2, -0.15) is 0 Å². The fourth-order valence-corrected chi connectivity index (χ4v) is 1.96. The van der Waals surface area contributed by atoms with E-state index in [0.29, 0.717) is 13.2 Å². The van der Waals surface area contributed by atoms with E-state index in [-0.39, 0.29) is 0 Å². The second kappa shape index (κ2) is 8.37. The lowest BCUT2D eigenvalue weighted by Crippen LogP contribution is -2.13. The lowest BCUT2D eigenvalue weighted by molar-refractivity contribution is 0.269. The molecular weight excluding hydrogens is 266 g/mol. The molecular formula is C17H23NO3. The van der Waals surface area contributed by atoms with E-state index in [1.54, 1.807) is 6.26 Å². The van der Waals surface area contributed by atoms with Crippen LogP contribution in [-0.4, -0.2) is 13.2 Å². The molecule has 1 aromatic carbocycles. The van der Waals surface area contributed by atoms with E-state index in [4.69, 9.17) is 13.9 Å². The number of furan rings is 1. The van der Waals surface area contributed by atoms with Gasteiger partial charge in [0.05, 0.1) is 12.9 Å². The molecule has 0 aliphatic rings. The highest BCUT2D eigenvalue weighted by atomic mass is 16.5. The summed E-state index contributed by atoms with van der Waals surface area (Å²) in [5, 5.41) is 3.34. The van der Waals surface area contributed by atoms with Crippen LogP contribution in [0.15, 0.2) is 41.0 Å². The molecule has 0 aliphatic carbocycles. The fraction of sp³-hybridized carbons (Fsp3) is 0.412. The van der Waals surface area contributed by atoms with Crippen LogP contribution < -0.4 is 14.8 Å². The minimum atomic E-state index is 0.432. The van der Waals surface area contributed by atoms with Gasteiger partial charge in [0.2, 0.25) is 0 Å². The summed E-state index contributed by atoms with van der Waals surface area (Å²) >= 11 is 0. The number of nitrogens with one attached hydrogen (secondary N) is 1. The zero-order valence-corrected chi connectivity index (χ0v) is 12.7. The molecule has 0 radical (unpaired) electrons. The van der Waals surface area contributed by atoms with E-state index >= 15 is 0 Å². The molecule has 1 heterocycles. The molecule has 0 bridgehead atoms. The third-order valence-electron chi connectivity index (χ3n) is 2.98. The van der Waals surface area contributed by atoms with Crippen LogP contribution in [0.3, 0.4) is 0 Å². The summed E-state index contributed by atoms with van der Waals surface area (Å²) in [6.07, 6.45) is 2.91. The third kappa shape index (κ3) is 5.16. The van der Waals surface area contributed by atoms with Crippen LogP contribution in [0.2, 0.25) is 0 Å². The number of hydrogen-bond acceptors (Lipinski definition) is 4. The van der Waals surface area contributed by atoms with E-state index in [0.717, 1.165) is 42.3 Å². The fourth-order valence-electron chi connectivity index (χ4n) is 1.96. The molecule has 4 heteroatoms. The van der Waals surface area contributed by atoms with Crippen molar-refractivity contribution in [3.8, 4) is 11.5 Å². The second-order valence-electron chi connectivity index (χ2n) is 4.79. The van der Waals surface area contributed by atoms with Crippen LogP contribution in [0.1, 0.15) is 31.6 Å². The van der Waals surface area contributed by atoms with Gasteiger partial charge in [-0.3, -0.25) is 0 Å². The molecule has 0 spiro atoms. The molecule has 0 amide bonds. The van der Waals surface area contributed by atoms with E-state index < -0.39 is 0 Å². The second-order valence-corrected chi connectivity index (χ2v) is 4.79. The summed E-state index contributed by atoms with van der Waals surface area (Å²) in [6.45, 7) is 7.07. The highest BCUT2D eigenvalue weighted by Crippen LogP contribution is 2.19. The van der Waals surface area contributed by atoms with Gasteiger partial charge in [0.25, 0.3) is 0 Å². The van der Waals surface area contributed by atoms with Crippen molar-refractivity contribution < 1.29 is 13.9 Å². The smallest absolute Gasteiger partial charge is 0.146 e. The Labute approximate surface area is 126 Å². The molecule has 0 aliphatic heterocycles. The van der Waals surface area contributed by atoms with Crippen molar-refractivity contribution in [2.75, 3.05) is 13.2 Å². The van der Waals surface area contributed by atoms with Gasteiger partial charge in [-0.05, 0) is 50.2 Å². The first-order chi connectivity index (χ1) is 10.3. The topological polar surface area (TPSA) is 43.6 Å². The summed E-state index contributed by atoms with van der Waals surface area (Å²) < 4.78 is 16.6. The quantitative estimate of drug-likeness (QED) is 0.714. The third-order valence-corrected chi connectivity index (χ3v) is 2.98. The Balaban J connectivity index is 1.79. The molecule has 2 aromatic rings. The minimum absolute atomic E-state index is 0.432. The molecule has 0 unspecified atom stereocenters. The van der Waals surface area contributed by atoms with Crippen LogP contribution >= 0.6 is 0 Å². The van der Waals surface area contributed by atoms with Crippen molar-refractivity contribution >= 4 is 0 Å². The highest BCUT2D eigenvalue weighted by Gasteiger charge is 2.03. The normalized spacial score (nSPS) is 10.6. The minimum Gasteiger partial charge on any atom is -0.494 e. The Hall–Kier alpha value is -1.94. The van der Waals surface area contributed by atoms with E-state index in [2.05, 4.69) is 12.2 Å². The van der Waals surface area contributed by atoms with Crippen LogP contribution in [0.25, 0.3) is 0 Å². The summed E-state index contributed by atoms with van der Waals surface area (Å²) in [4.78, 5) is 0. The molecule has 114 valence electrons. The lowest BCUT2D eigenvalue weighted by Gasteiger charge is -2.06. The average molecular weight is 289 g/mol. The molecule has 0 saturated heterocycles. The van der Waals surface area contributed by atoms with Gasteiger partial charge in [0, 0.05) is 12.1 Å². The number of benzene rings is 1. The summed E-state index contributed by atoms with van der Waals surface area (Å²) in [5.74, 6) is 2.49. The highest BCUT2D eigenvalue weighted by molar-refractivity contribution is 5.31. The first-order valence-corrected chi connectivity index (χ1v) is 7.44. The Morgan fingerprint density at radius 3 is 2.43 bits per heavy atom. The Morgan fingerprint density at radius 2 is 1.76 bits per heavy atom. The number of ether oxygens (including phenoxy) is 2. The van der Waals surface area contributed by atoms with Crippen molar-refractivity contribution in [1.29, 1.82) is 0 Å². The zero-order chi connectivity index (χ0) is 14.9. The van der Waals surface area contributed by atoms with Crippen molar-refractivity contribution in [1.82, 2.24) is 5.32 Å². The van der Waals surface area contributed by atoms with Crippen molar-refractivity contribution in [2.45, 2.75) is 33.4 Å². The predicted octanol–water partition coefficient (Wildman–Crippen LogP) is 3.76. The lowest BCUT2D eigenvalue weighted by atomic mass is 10.3. The maximum Gasteiger partial charge on any atom is 0.146 e. The number of rotatable bonds is 9. The van der Waals surface area contributed by atoms with Gasteiger partial charge < -0.3 is 19.2 Å². The molecule has 0 saturated carbocycles. The van der Waals surface area contributed by atoms with Gasteiger partial charge in [0.15, 0.2) is 0 Å². The van der Waals surface area contributed by atoms with E-state index in [1.807, 2.05) is 37.3 Å². The predicted molar refractivity (Wildman–Crippen MR) is 82.6 cm³/mol. The molecule has 1 N–H and O–H groups in total. The van der Waals surface area contributed by atoms with Crippen molar-refractivity contribution in [3.63, 3.8) is 0 Å². The van der Waals surface area contributed by atoms with Gasteiger partial charge in [-0.25, -0.2) is 0 Å². The van der Waals surface area contributed by atoms with Gasteiger partial charge >= 0.3 is 0 Å². The van der Waals surface area contributed by atoms with Gasteiger partial charge in [-0.15, -0.1) is 0 Å². The molecule has 21 heavy (non-hydrogen) atoms. The average Bonchev–Trinajstić information content (AvgIpc) is 2.95. The molecule has 4 nitrogen and oxygen atoms in total. The van der Waals surface area contributed by atoms with Crippen LogP contribution in [0.5, 0.6) is 11.5 Å². The first kappa shape index (κ1) is 15.4. The maximum absolute atomic E-state index is 5.69. The largest absolute Gasteiger partial charge is 0.494 e. The van der Waals surface area contributed by atoms with Crippen LogP contribution in [-0.2, 0) is 13.2 Å². The van der Waals surface area contributed by atoms with Crippen molar-refractivity contribution in [2.24, 2.45) is 0 Å². The summed E-state index contributed by atoms with van der Waals surface area (Å²) in [7, 11) is 0. The summed E-state index contributed by atoms with van der Waals surface area (Å²) in [5.41, 5.74) is 1.15. The van der Waals surface area contributed by atoms with E-state index in [9.17, 15) is 0 Å². The van der Waals surface area contributed by atoms with Crippen LogP contribution in [0, 0.1) is 0 Å². The van der Waals surface area contributed by atoms with Crippen molar-refractivity contribution in [3.05, 3.63) is 47.9 Å². The Kier molecular flexibility index (Phi) is 6.16. The van der Waals surface area contributed by atoms with Crippen LogP contribution in [0.4, 0.5) is 0 Å². The first-order valence-electron chi connectivity index (χ1n) is 7.44. The molecule has 2 rings (SSSR count). The Bertz CT molecular complexity index is 519. The number of hydrogen-bond donors (Lipinski definition) is 1. The van der Waals surface area contributed by atoms with Gasteiger partial charge in [0.1, 0.15) is 23.9 Å². The SMILES string of the molecule is CCCNCc1coc(COc2ccc(OCC)cc2)c1. The zero-order valence-electron chi connectivity index (χ0n) is 12.7. The summed E-state index contributed by atoms with van der Waals surface area (Å²) in [6, 6.07) is 9.63. The maximum atomic E-state index is 5.69. The molecule has 0 fully saturated rings. The Morgan fingerprint density at radius 1 is 1.05 bits per heavy atom. The molecule has 0 atom stereocenters. The molecule has 1 aromatic heterocycles. The van der Waals surface area contributed by atoms with Gasteiger partial charge in [-0.1, -0.05) is 6.92 Å². The standard InChI is InChI=1S/C17H23NO3/c1-3-9-18-11-14-10-17(20-12-14)13-21-16-7-5-15(6-8-16)19-4-2/h5-8,10,12,18H,3-4,9,11,13H2,1-2H3. The van der Waals surface area contributed by atoms with E-state index in [1.165, 1.54) is 0 Å².